The molecule has 0 radical (unpaired) electrons. The fourth-order valence-electron chi connectivity index (χ4n) is 1.51. The molecule has 2 amide bonds. The molecule has 9 nitrogen and oxygen atoms in total. The number of hydrogen-bond donors (Lipinski definition) is 3. The first-order valence-electron chi connectivity index (χ1n) is 6.38. The third kappa shape index (κ3) is 7.75. The Morgan fingerprint density at radius 1 is 1.24 bits per heavy atom. The van der Waals surface area contributed by atoms with Gasteiger partial charge in [0.25, 0.3) is 0 Å². The van der Waals surface area contributed by atoms with Crippen LogP contribution in [0, 0.1) is 0 Å². The molecule has 0 aliphatic rings. The molecule has 0 aliphatic carbocycles. The van der Waals surface area contributed by atoms with Crippen LogP contribution in [0.4, 0.5) is 4.79 Å². The monoisotopic (exact) mass is 304 g/mol. The van der Waals surface area contributed by atoms with E-state index in [1.54, 1.807) is 6.92 Å². The summed E-state index contributed by atoms with van der Waals surface area (Å²) in [5, 5.41) is 19.7. The number of carbonyl (C=O) groups excluding carboxylic acids is 2. The topological polar surface area (TPSA) is 133 Å². The molecular formula is C12H20N2O7. The number of rotatable bonds is 9. The molecule has 0 bridgehead atoms. The summed E-state index contributed by atoms with van der Waals surface area (Å²) in [6.07, 6.45) is -0.0616. The van der Waals surface area contributed by atoms with Crippen LogP contribution in [0.2, 0.25) is 0 Å². The standard InChI is InChI=1S/C12H20N2O7/c1-3-6-14(7-10(17)21-2)12(20)13-8(11(18)19)4-5-9(15)16/h8H,3-7H2,1-2H3,(H,13,20)(H,15,16)(H,18,19)/t8-/m0/s1. The van der Waals surface area contributed by atoms with Crippen LogP contribution in [0.25, 0.3) is 0 Å². The number of urea groups is 1. The van der Waals surface area contributed by atoms with E-state index in [4.69, 9.17) is 10.2 Å². The summed E-state index contributed by atoms with van der Waals surface area (Å²) in [6, 6.07) is -2.08. The maximum atomic E-state index is 11.9. The Labute approximate surface area is 121 Å². The van der Waals surface area contributed by atoms with Gasteiger partial charge in [-0.2, -0.15) is 0 Å². The number of nitrogens with one attached hydrogen (secondary N) is 1. The van der Waals surface area contributed by atoms with Crippen LogP contribution >= 0.6 is 0 Å². The minimum absolute atomic E-state index is 0.241. The van der Waals surface area contributed by atoms with Gasteiger partial charge in [0.15, 0.2) is 0 Å². The quantitative estimate of drug-likeness (QED) is 0.506. The van der Waals surface area contributed by atoms with E-state index in [1.807, 2.05) is 0 Å². The average molecular weight is 304 g/mol. The van der Waals surface area contributed by atoms with Crippen LogP contribution in [-0.4, -0.2) is 65.3 Å². The highest BCUT2D eigenvalue weighted by atomic mass is 16.5. The Kier molecular flexibility index (Phi) is 8.51. The zero-order valence-corrected chi connectivity index (χ0v) is 12.0. The van der Waals surface area contributed by atoms with Gasteiger partial charge in [0.1, 0.15) is 12.6 Å². The highest BCUT2D eigenvalue weighted by molar-refractivity contribution is 5.85. The zero-order chi connectivity index (χ0) is 16.4. The third-order valence-corrected chi connectivity index (χ3v) is 2.57. The summed E-state index contributed by atoms with van der Waals surface area (Å²) in [5.74, 6) is -3.12. The molecule has 9 heteroatoms. The normalized spacial score (nSPS) is 11.3. The van der Waals surface area contributed by atoms with E-state index in [9.17, 15) is 19.2 Å². The van der Waals surface area contributed by atoms with Crippen molar-refractivity contribution in [2.75, 3.05) is 20.2 Å². The first-order chi connectivity index (χ1) is 9.81. The summed E-state index contributed by atoms with van der Waals surface area (Å²) in [5.41, 5.74) is 0. The van der Waals surface area contributed by atoms with Gasteiger partial charge in [0.2, 0.25) is 0 Å². The van der Waals surface area contributed by atoms with Gasteiger partial charge < -0.3 is 25.2 Å². The third-order valence-electron chi connectivity index (χ3n) is 2.57. The number of carboxylic acid groups (broad SMARTS) is 2. The van der Waals surface area contributed by atoms with Crippen molar-refractivity contribution in [3.8, 4) is 0 Å². The van der Waals surface area contributed by atoms with Crippen LogP contribution in [0.3, 0.4) is 0 Å². The second kappa shape index (κ2) is 9.56. The van der Waals surface area contributed by atoms with E-state index in [1.165, 1.54) is 7.11 Å². The van der Waals surface area contributed by atoms with E-state index in [0.717, 1.165) is 4.90 Å². The lowest BCUT2D eigenvalue weighted by Gasteiger charge is -2.23. The maximum Gasteiger partial charge on any atom is 0.326 e. The summed E-state index contributed by atoms with van der Waals surface area (Å²) in [4.78, 5) is 45.7. The second-order valence-electron chi connectivity index (χ2n) is 4.27. The highest BCUT2D eigenvalue weighted by Gasteiger charge is 2.24. The highest BCUT2D eigenvalue weighted by Crippen LogP contribution is 2.01. The van der Waals surface area contributed by atoms with Crippen LogP contribution in [-0.2, 0) is 19.1 Å². The van der Waals surface area contributed by atoms with E-state index in [0.29, 0.717) is 6.42 Å². The molecule has 0 heterocycles. The Morgan fingerprint density at radius 2 is 1.86 bits per heavy atom. The molecule has 0 aromatic carbocycles. The van der Waals surface area contributed by atoms with Crippen LogP contribution in [0.5, 0.6) is 0 Å². The molecule has 0 aromatic heterocycles. The minimum Gasteiger partial charge on any atom is -0.481 e. The maximum absolute atomic E-state index is 11.9. The van der Waals surface area contributed by atoms with Crippen molar-refractivity contribution in [3.63, 3.8) is 0 Å². The van der Waals surface area contributed by atoms with Crippen molar-refractivity contribution in [1.29, 1.82) is 0 Å². The van der Waals surface area contributed by atoms with Crippen molar-refractivity contribution in [3.05, 3.63) is 0 Å². The summed E-state index contributed by atoms with van der Waals surface area (Å²) in [7, 11) is 1.18. The van der Waals surface area contributed by atoms with Crippen LogP contribution in [0.15, 0.2) is 0 Å². The van der Waals surface area contributed by atoms with Crippen LogP contribution in [0.1, 0.15) is 26.2 Å². The Morgan fingerprint density at radius 3 is 2.29 bits per heavy atom. The Bertz CT molecular complexity index is 397. The molecule has 0 unspecified atom stereocenters. The van der Waals surface area contributed by atoms with Crippen molar-refractivity contribution < 1.29 is 34.1 Å². The number of carbonyl (C=O) groups is 4. The number of hydrogen-bond acceptors (Lipinski definition) is 5. The largest absolute Gasteiger partial charge is 0.481 e. The summed E-state index contributed by atoms with van der Waals surface area (Å²) >= 11 is 0. The van der Waals surface area contributed by atoms with Gasteiger partial charge in [0, 0.05) is 13.0 Å². The SMILES string of the molecule is CCCN(CC(=O)OC)C(=O)N[C@@H](CCC(=O)O)C(=O)O. The smallest absolute Gasteiger partial charge is 0.326 e. The van der Waals surface area contributed by atoms with Gasteiger partial charge in [-0.3, -0.25) is 9.59 Å². The number of esters is 1. The molecule has 120 valence electrons. The van der Waals surface area contributed by atoms with Crippen LogP contribution < -0.4 is 5.32 Å². The van der Waals surface area contributed by atoms with Gasteiger partial charge in [0.05, 0.1) is 7.11 Å². The number of ether oxygens (including phenoxy) is 1. The van der Waals surface area contributed by atoms with Crippen molar-refractivity contribution in [2.24, 2.45) is 0 Å². The van der Waals surface area contributed by atoms with Gasteiger partial charge in [-0.25, -0.2) is 9.59 Å². The summed E-state index contributed by atoms with van der Waals surface area (Å²) < 4.78 is 4.45. The lowest BCUT2D eigenvalue weighted by atomic mass is 10.1. The predicted molar refractivity (Wildman–Crippen MR) is 70.7 cm³/mol. The molecule has 1 atom stereocenters. The fourth-order valence-corrected chi connectivity index (χ4v) is 1.51. The molecular weight excluding hydrogens is 284 g/mol. The molecule has 0 saturated carbocycles. The lowest BCUT2D eigenvalue weighted by Crippen LogP contribution is -2.49. The first kappa shape index (κ1) is 18.7. The zero-order valence-electron chi connectivity index (χ0n) is 12.0. The van der Waals surface area contributed by atoms with E-state index < -0.39 is 30.0 Å². The van der Waals surface area contributed by atoms with E-state index in [-0.39, 0.29) is 25.9 Å². The Balaban J connectivity index is 4.69. The van der Waals surface area contributed by atoms with Gasteiger partial charge in [-0.05, 0) is 12.8 Å². The Hall–Kier alpha value is -2.32. The average Bonchev–Trinajstić information content (AvgIpc) is 2.41. The lowest BCUT2D eigenvalue weighted by molar-refractivity contribution is -0.141. The van der Waals surface area contributed by atoms with Crippen molar-refractivity contribution in [1.82, 2.24) is 10.2 Å². The predicted octanol–water partition coefficient (Wildman–Crippen LogP) is -0.101. The number of nitrogens with zero attached hydrogens (tertiary/aromatic N) is 1. The molecule has 0 rings (SSSR count). The minimum atomic E-state index is -1.33. The molecule has 21 heavy (non-hydrogen) atoms. The molecule has 0 aliphatic heterocycles. The molecule has 3 N–H and O–H groups in total. The van der Waals surface area contributed by atoms with E-state index >= 15 is 0 Å². The molecule has 0 aromatic rings. The second-order valence-corrected chi connectivity index (χ2v) is 4.27. The van der Waals surface area contributed by atoms with Gasteiger partial charge >= 0.3 is 23.9 Å². The molecule has 0 saturated heterocycles. The molecule has 0 fully saturated rings. The first-order valence-corrected chi connectivity index (χ1v) is 6.38. The molecule has 0 spiro atoms. The fraction of sp³-hybridized carbons (Fsp3) is 0.667. The number of amides is 2. The number of carboxylic acids is 2. The number of methoxy groups -OCH3 is 1. The van der Waals surface area contributed by atoms with Crippen molar-refractivity contribution in [2.45, 2.75) is 32.2 Å². The van der Waals surface area contributed by atoms with Crippen molar-refractivity contribution >= 4 is 23.9 Å². The van der Waals surface area contributed by atoms with E-state index in [2.05, 4.69) is 10.1 Å². The van der Waals surface area contributed by atoms with Gasteiger partial charge in [-0.15, -0.1) is 0 Å². The van der Waals surface area contributed by atoms with Gasteiger partial charge in [-0.1, -0.05) is 6.92 Å². The summed E-state index contributed by atoms with van der Waals surface area (Å²) in [6.45, 7) is 1.73. The number of aliphatic carboxylic acids is 2.